The zero-order chi connectivity index (χ0) is 32.1. The van der Waals surface area contributed by atoms with Gasteiger partial charge in [-0.2, -0.15) is 0 Å². The molecule has 0 fully saturated rings. The number of ether oxygens (including phenoxy) is 2. The lowest BCUT2D eigenvalue weighted by Gasteiger charge is -2.20. The molecule has 0 amide bonds. The van der Waals surface area contributed by atoms with Crippen LogP contribution in [-0.4, -0.2) is 31.3 Å². The Morgan fingerprint density at radius 2 is 1.09 bits per heavy atom. The van der Waals surface area contributed by atoms with Gasteiger partial charge in [-0.15, -0.1) is 0 Å². The molecule has 2 aromatic carbocycles. The molecule has 0 aliphatic carbocycles. The summed E-state index contributed by atoms with van der Waals surface area (Å²) < 4.78 is 13.1. The molecular weight excluding hydrogens is 636 g/mol. The summed E-state index contributed by atoms with van der Waals surface area (Å²) in [6.45, 7) is 14.6. The van der Waals surface area contributed by atoms with Crippen LogP contribution in [0.2, 0.25) is 19.6 Å². The Morgan fingerprint density at radius 1 is 0.578 bits per heavy atom. The molecule has 4 nitrogen and oxygen atoms in total. The van der Waals surface area contributed by atoms with Gasteiger partial charge in [0, 0.05) is 41.2 Å². The highest BCUT2D eigenvalue weighted by molar-refractivity contribution is 9.10. The molecule has 0 aliphatic rings. The van der Waals surface area contributed by atoms with Crippen molar-refractivity contribution in [2.75, 3.05) is 13.2 Å². The van der Waals surface area contributed by atoms with E-state index >= 15 is 0 Å². The maximum Gasteiger partial charge on any atom is 0.0886 e. The Bertz CT molecular complexity index is 1470. The van der Waals surface area contributed by atoms with Crippen LogP contribution in [0.15, 0.2) is 77.5 Å². The number of nitrogens with zero attached hydrogens (tertiary/aromatic N) is 2. The summed E-state index contributed by atoms with van der Waals surface area (Å²) in [6.07, 6.45) is 13.7. The number of halogens is 1. The number of pyridine rings is 2. The van der Waals surface area contributed by atoms with E-state index < -0.39 is 8.07 Å². The predicted molar refractivity (Wildman–Crippen MR) is 197 cm³/mol. The lowest BCUT2D eigenvalue weighted by molar-refractivity contribution is 0.117. The summed E-state index contributed by atoms with van der Waals surface area (Å²) in [5.74, 6) is 0. The van der Waals surface area contributed by atoms with Crippen molar-refractivity contribution in [2.45, 2.75) is 98.1 Å². The van der Waals surface area contributed by atoms with Crippen LogP contribution in [0.4, 0.5) is 0 Å². The average molecular weight is 688 g/mol. The average Bonchev–Trinajstić information content (AvgIpc) is 3.04. The Kier molecular flexibility index (Phi) is 14.0. The summed E-state index contributed by atoms with van der Waals surface area (Å²) in [4.78, 5) is 9.63. The standard InChI is InChI=1S/C39H51BrN2O2Si/c1-6-8-10-12-18-43-28-30-20-34(24-36(40)22-30)32-14-16-38(41-26-32)39-17-15-33(27-42-39)35-21-31(23-37(25-35)45(3,4)5)29-44-19-13-11-9-7-2/h14-17,20-27H,6-13,18-19,28-29H2,1-5H3. The minimum atomic E-state index is -1.51. The highest BCUT2D eigenvalue weighted by Gasteiger charge is 2.18. The van der Waals surface area contributed by atoms with Crippen LogP contribution in [0.5, 0.6) is 0 Å². The van der Waals surface area contributed by atoms with E-state index in [0.29, 0.717) is 13.2 Å². The van der Waals surface area contributed by atoms with E-state index in [-0.39, 0.29) is 0 Å². The van der Waals surface area contributed by atoms with Gasteiger partial charge in [0.1, 0.15) is 0 Å². The third-order valence-corrected chi connectivity index (χ3v) is 10.6. The van der Waals surface area contributed by atoms with E-state index in [1.807, 2.05) is 12.4 Å². The first-order chi connectivity index (χ1) is 21.8. The van der Waals surface area contributed by atoms with Gasteiger partial charge in [0.15, 0.2) is 0 Å². The van der Waals surface area contributed by atoms with Crippen LogP contribution in [0, 0.1) is 0 Å². The highest BCUT2D eigenvalue weighted by atomic mass is 79.9. The third-order valence-electron chi connectivity index (χ3n) is 8.09. The fourth-order valence-electron chi connectivity index (χ4n) is 5.35. The molecule has 0 saturated carbocycles. The van der Waals surface area contributed by atoms with Crippen LogP contribution in [0.3, 0.4) is 0 Å². The topological polar surface area (TPSA) is 44.2 Å². The molecule has 4 rings (SSSR count). The SMILES string of the molecule is CCCCCCOCc1cc(Br)cc(-c2ccc(-c3ccc(-c4cc(COCCCCCC)cc([Si](C)(C)C)c4)cn3)nc2)c1. The summed E-state index contributed by atoms with van der Waals surface area (Å²) in [5.41, 5.74) is 8.67. The summed E-state index contributed by atoms with van der Waals surface area (Å²) in [7, 11) is -1.51. The van der Waals surface area contributed by atoms with Crippen molar-refractivity contribution in [1.29, 1.82) is 0 Å². The van der Waals surface area contributed by atoms with Gasteiger partial charge in [0.2, 0.25) is 0 Å². The number of rotatable bonds is 18. The number of hydrogen-bond acceptors (Lipinski definition) is 4. The predicted octanol–water partition coefficient (Wildman–Crippen LogP) is 11.0. The molecule has 2 heterocycles. The van der Waals surface area contributed by atoms with E-state index in [2.05, 4.69) is 110 Å². The molecule has 0 unspecified atom stereocenters. The van der Waals surface area contributed by atoms with Crippen molar-refractivity contribution >= 4 is 29.2 Å². The number of benzene rings is 2. The maximum atomic E-state index is 6.07. The van der Waals surface area contributed by atoms with Gasteiger partial charge in [-0.25, -0.2) is 0 Å². The third kappa shape index (κ3) is 11.3. The van der Waals surface area contributed by atoms with Gasteiger partial charge in [-0.3, -0.25) is 9.97 Å². The van der Waals surface area contributed by atoms with Gasteiger partial charge in [-0.1, -0.05) is 117 Å². The van der Waals surface area contributed by atoms with Crippen LogP contribution in [-0.2, 0) is 22.7 Å². The monoisotopic (exact) mass is 686 g/mol. The van der Waals surface area contributed by atoms with Crippen molar-refractivity contribution in [3.63, 3.8) is 0 Å². The van der Waals surface area contributed by atoms with Crippen molar-refractivity contribution in [2.24, 2.45) is 0 Å². The fraction of sp³-hybridized carbons (Fsp3) is 0.436. The molecule has 2 aromatic heterocycles. The lowest BCUT2D eigenvalue weighted by atomic mass is 10.0. The van der Waals surface area contributed by atoms with Gasteiger partial charge < -0.3 is 9.47 Å². The summed E-state index contributed by atoms with van der Waals surface area (Å²) in [6, 6.07) is 21.9. The molecule has 0 radical (unpaired) electrons. The molecule has 0 atom stereocenters. The largest absolute Gasteiger partial charge is 0.377 e. The summed E-state index contributed by atoms with van der Waals surface area (Å²) in [5, 5.41) is 1.44. The Balaban J connectivity index is 1.44. The van der Waals surface area contributed by atoms with Crippen molar-refractivity contribution in [1.82, 2.24) is 9.97 Å². The van der Waals surface area contributed by atoms with Crippen LogP contribution in [0.25, 0.3) is 33.6 Å². The van der Waals surface area contributed by atoms with Crippen molar-refractivity contribution < 1.29 is 9.47 Å². The van der Waals surface area contributed by atoms with Crippen LogP contribution in [0.1, 0.15) is 76.3 Å². The first-order valence-corrected chi connectivity index (χ1v) is 21.1. The molecule has 0 spiro atoms. The molecular formula is C39H51BrN2O2Si. The molecule has 240 valence electrons. The lowest BCUT2D eigenvalue weighted by Crippen LogP contribution is -2.37. The van der Waals surface area contributed by atoms with E-state index in [1.54, 1.807) is 0 Å². The number of aromatic nitrogens is 2. The Morgan fingerprint density at radius 3 is 1.56 bits per heavy atom. The quantitative estimate of drug-likeness (QED) is 0.0771. The Hall–Kier alpha value is -2.64. The van der Waals surface area contributed by atoms with Gasteiger partial charge in [-0.05, 0) is 71.5 Å². The first-order valence-electron chi connectivity index (χ1n) is 16.8. The second-order valence-corrected chi connectivity index (χ2v) is 19.1. The van der Waals surface area contributed by atoms with Gasteiger partial charge in [0.25, 0.3) is 0 Å². The molecule has 45 heavy (non-hydrogen) atoms. The molecule has 6 heteroatoms. The first kappa shape index (κ1) is 35.2. The zero-order valence-corrected chi connectivity index (χ0v) is 30.6. The minimum Gasteiger partial charge on any atom is -0.377 e. The van der Waals surface area contributed by atoms with E-state index in [0.717, 1.165) is 64.2 Å². The van der Waals surface area contributed by atoms with Crippen LogP contribution < -0.4 is 5.19 Å². The normalized spacial score (nSPS) is 11.7. The van der Waals surface area contributed by atoms with Crippen molar-refractivity contribution in [3.05, 3.63) is 88.7 Å². The highest BCUT2D eigenvalue weighted by Crippen LogP contribution is 2.28. The number of unbranched alkanes of at least 4 members (excludes halogenated alkanes) is 6. The molecule has 0 bridgehead atoms. The molecule has 0 aliphatic heterocycles. The Labute approximate surface area is 281 Å². The zero-order valence-electron chi connectivity index (χ0n) is 28.0. The second-order valence-electron chi connectivity index (χ2n) is 13.1. The van der Waals surface area contributed by atoms with Crippen LogP contribution >= 0.6 is 15.9 Å². The smallest absolute Gasteiger partial charge is 0.0886 e. The fourth-order valence-corrected chi connectivity index (χ4v) is 7.10. The van der Waals surface area contributed by atoms with Crippen molar-refractivity contribution in [3.8, 4) is 33.6 Å². The minimum absolute atomic E-state index is 0.620. The second kappa shape index (κ2) is 17.9. The molecule has 0 saturated heterocycles. The summed E-state index contributed by atoms with van der Waals surface area (Å²) >= 11 is 3.68. The van der Waals surface area contributed by atoms with Gasteiger partial charge in [0.05, 0.1) is 32.7 Å². The van der Waals surface area contributed by atoms with E-state index in [9.17, 15) is 0 Å². The molecule has 4 aromatic rings. The van der Waals surface area contributed by atoms with Gasteiger partial charge >= 0.3 is 0 Å². The maximum absolute atomic E-state index is 6.07. The van der Waals surface area contributed by atoms with E-state index in [1.165, 1.54) is 54.8 Å². The van der Waals surface area contributed by atoms with E-state index in [4.69, 9.17) is 19.4 Å². The number of hydrogen-bond donors (Lipinski definition) is 0. The molecule has 0 N–H and O–H groups in total.